The van der Waals surface area contributed by atoms with Crippen LogP contribution in [0.4, 0.5) is 10.5 Å². The predicted molar refractivity (Wildman–Crippen MR) is 99.2 cm³/mol. The fourth-order valence-corrected chi connectivity index (χ4v) is 3.25. The first-order chi connectivity index (χ1) is 12.0. The number of nitrogens with one attached hydrogen (secondary N) is 1. The third-order valence-corrected chi connectivity index (χ3v) is 4.66. The van der Waals surface area contributed by atoms with E-state index in [1.807, 2.05) is 30.3 Å². The Labute approximate surface area is 153 Å². The van der Waals surface area contributed by atoms with Gasteiger partial charge in [-0.05, 0) is 35.5 Å². The van der Waals surface area contributed by atoms with Crippen molar-refractivity contribution in [3.05, 3.63) is 70.1 Å². The minimum Gasteiger partial charge on any atom is -0.323 e. The van der Waals surface area contributed by atoms with Crippen molar-refractivity contribution in [3.63, 3.8) is 0 Å². The highest BCUT2D eigenvalue weighted by Gasteiger charge is 2.36. The van der Waals surface area contributed by atoms with Gasteiger partial charge in [-0.15, -0.1) is 0 Å². The summed E-state index contributed by atoms with van der Waals surface area (Å²) in [5.74, 6) is -0.968. The molecule has 1 N–H and O–H groups in total. The monoisotopic (exact) mass is 372 g/mol. The Bertz CT molecular complexity index is 868. The Morgan fingerprint density at radius 3 is 2.48 bits per heavy atom. The summed E-state index contributed by atoms with van der Waals surface area (Å²) in [4.78, 5) is 37.8. The van der Waals surface area contributed by atoms with Gasteiger partial charge < -0.3 is 5.32 Å². The zero-order valence-corrected chi connectivity index (χ0v) is 14.5. The molecule has 2 aromatic rings. The van der Waals surface area contributed by atoms with Gasteiger partial charge >= 0.3 is 0 Å². The van der Waals surface area contributed by atoms with Gasteiger partial charge in [0.2, 0.25) is 5.91 Å². The lowest BCUT2D eigenvalue weighted by molar-refractivity contribution is -0.127. The number of anilines is 1. The average Bonchev–Trinajstić information content (AvgIpc) is 2.85. The molecule has 0 unspecified atom stereocenters. The quantitative estimate of drug-likeness (QED) is 0.823. The molecule has 7 heteroatoms. The normalized spacial score (nSPS) is 15.7. The van der Waals surface area contributed by atoms with Crippen molar-refractivity contribution >= 4 is 52.2 Å². The zero-order valence-electron chi connectivity index (χ0n) is 12.9. The Morgan fingerprint density at radius 1 is 1.08 bits per heavy atom. The van der Waals surface area contributed by atoms with Gasteiger partial charge in [-0.2, -0.15) is 0 Å². The van der Waals surface area contributed by atoms with Gasteiger partial charge in [0.1, 0.15) is 6.54 Å². The molecule has 25 heavy (non-hydrogen) atoms. The molecule has 2 aromatic carbocycles. The molecule has 0 bridgehead atoms. The van der Waals surface area contributed by atoms with Crippen LogP contribution in [0.1, 0.15) is 5.56 Å². The second-order valence-corrected chi connectivity index (χ2v) is 6.61. The van der Waals surface area contributed by atoms with E-state index >= 15 is 0 Å². The van der Waals surface area contributed by atoms with Crippen LogP contribution in [0, 0.1) is 0 Å². The van der Waals surface area contributed by atoms with Gasteiger partial charge in [0.15, 0.2) is 0 Å². The standard InChI is InChI=1S/C18H13ClN2O3S/c19-13-8-4-5-9-14(13)20-16(22)11-21-17(23)15(25-18(21)24)10-12-6-2-1-3-7-12/h1-10H,11H2,(H,20,22)/b15-10-. The maximum Gasteiger partial charge on any atom is 0.294 e. The highest BCUT2D eigenvalue weighted by Crippen LogP contribution is 2.32. The zero-order chi connectivity index (χ0) is 17.8. The number of para-hydroxylation sites is 1. The first-order valence-corrected chi connectivity index (χ1v) is 8.59. The molecular weight excluding hydrogens is 360 g/mol. The van der Waals surface area contributed by atoms with Crippen LogP contribution >= 0.6 is 23.4 Å². The van der Waals surface area contributed by atoms with Crippen molar-refractivity contribution < 1.29 is 14.4 Å². The topological polar surface area (TPSA) is 66.5 Å². The van der Waals surface area contributed by atoms with E-state index in [0.717, 1.165) is 22.2 Å². The Balaban J connectivity index is 1.70. The van der Waals surface area contributed by atoms with Crippen molar-refractivity contribution in [2.45, 2.75) is 0 Å². The Kier molecular flexibility index (Phi) is 5.21. The van der Waals surface area contributed by atoms with E-state index in [0.29, 0.717) is 15.6 Å². The number of hydrogen-bond donors (Lipinski definition) is 1. The molecule has 0 aromatic heterocycles. The highest BCUT2D eigenvalue weighted by atomic mass is 35.5. The molecule has 1 heterocycles. The van der Waals surface area contributed by atoms with E-state index in [-0.39, 0.29) is 6.54 Å². The fraction of sp³-hybridized carbons (Fsp3) is 0.0556. The molecule has 1 fully saturated rings. The minimum atomic E-state index is -0.489. The van der Waals surface area contributed by atoms with Crippen molar-refractivity contribution in [3.8, 4) is 0 Å². The summed E-state index contributed by atoms with van der Waals surface area (Å²) in [5, 5.41) is 2.51. The summed E-state index contributed by atoms with van der Waals surface area (Å²) in [6.45, 7) is -0.359. The molecule has 126 valence electrons. The number of amides is 3. The van der Waals surface area contributed by atoms with Crippen LogP contribution in [0.25, 0.3) is 6.08 Å². The Morgan fingerprint density at radius 2 is 1.76 bits per heavy atom. The van der Waals surface area contributed by atoms with Gasteiger partial charge in [0.05, 0.1) is 15.6 Å². The SMILES string of the molecule is O=C(CN1C(=O)S/C(=C\c2ccccc2)C1=O)Nc1ccccc1Cl. The summed E-state index contributed by atoms with van der Waals surface area (Å²) in [7, 11) is 0. The number of rotatable bonds is 4. The van der Waals surface area contributed by atoms with Crippen LogP contribution in [0.3, 0.4) is 0 Å². The molecule has 0 radical (unpaired) electrons. The second-order valence-electron chi connectivity index (χ2n) is 5.21. The van der Waals surface area contributed by atoms with E-state index in [2.05, 4.69) is 5.32 Å². The average molecular weight is 373 g/mol. The minimum absolute atomic E-state index is 0.293. The summed E-state index contributed by atoms with van der Waals surface area (Å²) < 4.78 is 0. The molecule has 1 aliphatic heterocycles. The van der Waals surface area contributed by atoms with Crippen molar-refractivity contribution in [1.82, 2.24) is 4.90 Å². The van der Waals surface area contributed by atoms with Crippen LogP contribution in [0.2, 0.25) is 5.02 Å². The van der Waals surface area contributed by atoms with Crippen LogP contribution < -0.4 is 5.32 Å². The van der Waals surface area contributed by atoms with Crippen molar-refractivity contribution in [2.24, 2.45) is 0 Å². The maximum atomic E-state index is 12.4. The van der Waals surface area contributed by atoms with Gasteiger partial charge in [-0.25, -0.2) is 0 Å². The Hall–Kier alpha value is -2.57. The third kappa shape index (κ3) is 4.10. The lowest BCUT2D eigenvalue weighted by atomic mass is 10.2. The summed E-state index contributed by atoms with van der Waals surface area (Å²) in [6.07, 6.45) is 1.64. The van der Waals surface area contributed by atoms with Gasteiger partial charge in [0, 0.05) is 0 Å². The lowest BCUT2D eigenvalue weighted by Gasteiger charge is -2.13. The van der Waals surface area contributed by atoms with E-state index in [9.17, 15) is 14.4 Å². The maximum absolute atomic E-state index is 12.4. The number of carbonyl (C=O) groups excluding carboxylic acids is 3. The van der Waals surface area contributed by atoms with Gasteiger partial charge in [0.25, 0.3) is 11.1 Å². The first-order valence-electron chi connectivity index (χ1n) is 7.39. The number of carbonyl (C=O) groups is 3. The fourth-order valence-electron chi connectivity index (χ4n) is 2.23. The number of imide groups is 1. The number of halogens is 1. The molecule has 0 aliphatic carbocycles. The molecule has 0 spiro atoms. The molecule has 0 atom stereocenters. The first kappa shape index (κ1) is 17.3. The van der Waals surface area contributed by atoms with Crippen LogP contribution in [0.5, 0.6) is 0 Å². The van der Waals surface area contributed by atoms with Crippen LogP contribution in [-0.4, -0.2) is 28.5 Å². The van der Waals surface area contributed by atoms with Gasteiger partial charge in [-0.3, -0.25) is 19.3 Å². The van der Waals surface area contributed by atoms with E-state index in [1.165, 1.54) is 0 Å². The number of benzene rings is 2. The number of nitrogens with zero attached hydrogens (tertiary/aromatic N) is 1. The van der Waals surface area contributed by atoms with E-state index in [4.69, 9.17) is 11.6 Å². The number of hydrogen-bond acceptors (Lipinski definition) is 4. The molecular formula is C18H13ClN2O3S. The van der Waals surface area contributed by atoms with Crippen LogP contribution in [0.15, 0.2) is 59.5 Å². The molecule has 1 aliphatic rings. The molecule has 5 nitrogen and oxygen atoms in total. The smallest absolute Gasteiger partial charge is 0.294 e. The molecule has 1 saturated heterocycles. The van der Waals surface area contributed by atoms with Crippen molar-refractivity contribution in [1.29, 1.82) is 0 Å². The predicted octanol–water partition coefficient (Wildman–Crippen LogP) is 4.02. The highest BCUT2D eigenvalue weighted by molar-refractivity contribution is 8.18. The molecule has 0 saturated carbocycles. The second kappa shape index (κ2) is 7.55. The van der Waals surface area contributed by atoms with Crippen molar-refractivity contribution in [2.75, 3.05) is 11.9 Å². The van der Waals surface area contributed by atoms with E-state index < -0.39 is 17.1 Å². The third-order valence-electron chi connectivity index (χ3n) is 3.42. The summed E-state index contributed by atoms with van der Waals surface area (Å²) >= 11 is 6.80. The molecule has 3 rings (SSSR count). The number of thioether (sulfide) groups is 1. The van der Waals surface area contributed by atoms with Gasteiger partial charge in [-0.1, -0.05) is 54.1 Å². The van der Waals surface area contributed by atoms with Crippen LogP contribution in [-0.2, 0) is 9.59 Å². The summed E-state index contributed by atoms with van der Waals surface area (Å²) in [5.41, 5.74) is 1.24. The lowest BCUT2D eigenvalue weighted by Crippen LogP contribution is -2.36. The largest absolute Gasteiger partial charge is 0.323 e. The molecule has 3 amide bonds. The van der Waals surface area contributed by atoms with E-state index in [1.54, 1.807) is 30.3 Å². The summed E-state index contributed by atoms with van der Waals surface area (Å²) in [6, 6.07) is 16.0.